The molecule has 71 heavy (non-hydrogen) atoms. The van der Waals surface area contributed by atoms with Crippen molar-refractivity contribution in [2.45, 2.75) is 5.41 Å². The molecule has 14 rings (SSSR count). The zero-order chi connectivity index (χ0) is 46.9. The van der Waals surface area contributed by atoms with E-state index in [0.717, 1.165) is 61.3 Å². The van der Waals surface area contributed by atoms with Crippen LogP contribution in [0, 0.1) is 0 Å². The van der Waals surface area contributed by atoms with Crippen LogP contribution in [0.25, 0.3) is 88.0 Å². The summed E-state index contributed by atoms with van der Waals surface area (Å²) in [4.78, 5) is 2.42. The number of furan rings is 1. The van der Waals surface area contributed by atoms with Crippen LogP contribution in [0.1, 0.15) is 22.3 Å². The zero-order valence-electron chi connectivity index (χ0n) is 38.8. The van der Waals surface area contributed by atoms with Gasteiger partial charge < -0.3 is 9.32 Å². The second-order valence-electron chi connectivity index (χ2n) is 18.8. The van der Waals surface area contributed by atoms with Crippen molar-refractivity contribution in [1.29, 1.82) is 0 Å². The van der Waals surface area contributed by atoms with Gasteiger partial charge in [-0.1, -0.05) is 218 Å². The lowest BCUT2D eigenvalue weighted by atomic mass is 9.67. The van der Waals surface area contributed by atoms with Gasteiger partial charge in [-0.2, -0.15) is 0 Å². The summed E-state index contributed by atoms with van der Waals surface area (Å²) < 4.78 is 6.57. The van der Waals surface area contributed by atoms with Gasteiger partial charge in [0, 0.05) is 33.4 Å². The predicted molar refractivity (Wildman–Crippen MR) is 297 cm³/mol. The number of rotatable bonds is 8. The number of benzene rings is 12. The van der Waals surface area contributed by atoms with Gasteiger partial charge in [0.1, 0.15) is 11.2 Å². The van der Waals surface area contributed by atoms with Crippen molar-refractivity contribution in [1.82, 2.24) is 0 Å². The van der Waals surface area contributed by atoms with E-state index in [2.05, 4.69) is 278 Å². The summed E-state index contributed by atoms with van der Waals surface area (Å²) in [5.74, 6) is 0. The highest BCUT2D eigenvalue weighted by molar-refractivity contribution is 6.11. The normalized spacial score (nSPS) is 12.6. The molecule has 0 saturated heterocycles. The van der Waals surface area contributed by atoms with Crippen LogP contribution in [0.5, 0.6) is 0 Å². The lowest BCUT2D eigenvalue weighted by Crippen LogP contribution is -2.28. The Kier molecular flexibility index (Phi) is 9.47. The Morgan fingerprint density at radius 2 is 0.789 bits per heavy atom. The van der Waals surface area contributed by atoms with Gasteiger partial charge in [0.2, 0.25) is 0 Å². The van der Waals surface area contributed by atoms with E-state index in [-0.39, 0.29) is 0 Å². The fourth-order valence-corrected chi connectivity index (χ4v) is 11.6. The van der Waals surface area contributed by atoms with E-state index >= 15 is 0 Å². The van der Waals surface area contributed by atoms with Crippen molar-refractivity contribution in [3.05, 3.63) is 295 Å². The number of hydrogen-bond donors (Lipinski definition) is 0. The van der Waals surface area contributed by atoms with Gasteiger partial charge in [-0.3, -0.25) is 0 Å². The summed E-state index contributed by atoms with van der Waals surface area (Å²) in [7, 11) is 0. The van der Waals surface area contributed by atoms with Gasteiger partial charge in [0.25, 0.3) is 0 Å². The number of fused-ring (bicyclic) bond motifs is 9. The smallest absolute Gasteiger partial charge is 0.143 e. The molecule has 0 fully saturated rings. The summed E-state index contributed by atoms with van der Waals surface area (Å²) in [5.41, 5.74) is 19.0. The molecule has 1 aliphatic rings. The first-order valence-corrected chi connectivity index (χ1v) is 24.5. The molecule has 2 nitrogen and oxygen atoms in total. The minimum atomic E-state index is -0.526. The maximum atomic E-state index is 6.57. The Morgan fingerprint density at radius 3 is 1.49 bits per heavy atom. The quantitative estimate of drug-likeness (QED) is 0.141. The van der Waals surface area contributed by atoms with E-state index in [1.165, 1.54) is 66.1 Å². The first-order chi connectivity index (χ1) is 35.2. The lowest BCUT2D eigenvalue weighted by Gasteiger charge is -2.35. The van der Waals surface area contributed by atoms with Crippen molar-refractivity contribution in [3.63, 3.8) is 0 Å². The van der Waals surface area contributed by atoms with Gasteiger partial charge in [0.05, 0.1) is 5.41 Å². The SMILES string of the molecule is c1ccc(-c2cccc3c2oc2ccc(-c4ccc(N(c5ccc(-c6ccc7ccc8ccccc8c7c6)cc5)c5ccc6c(c5)C(c5ccccc5)(c5ccccc5)c5ccccc5-6)cc4)cc23)cc1. The van der Waals surface area contributed by atoms with Gasteiger partial charge in [-0.05, 0) is 137 Å². The van der Waals surface area contributed by atoms with Crippen LogP contribution >= 0.6 is 0 Å². The molecule has 1 aliphatic carbocycles. The molecule has 0 spiro atoms. The van der Waals surface area contributed by atoms with Crippen molar-refractivity contribution in [2.75, 3.05) is 4.90 Å². The second kappa shape index (κ2) is 16.5. The first kappa shape index (κ1) is 40.8. The van der Waals surface area contributed by atoms with E-state index in [1.807, 2.05) is 0 Å². The van der Waals surface area contributed by atoms with Gasteiger partial charge in [0.15, 0.2) is 0 Å². The predicted octanol–water partition coefficient (Wildman–Crippen LogP) is 18.7. The van der Waals surface area contributed by atoms with Gasteiger partial charge >= 0.3 is 0 Å². The maximum absolute atomic E-state index is 6.57. The summed E-state index contributed by atoms with van der Waals surface area (Å²) in [6.07, 6.45) is 0. The molecule has 1 aromatic heterocycles. The van der Waals surface area contributed by atoms with E-state index in [4.69, 9.17) is 4.42 Å². The molecular formula is C69H45NO. The number of anilines is 3. The molecular weight excluding hydrogens is 859 g/mol. The fraction of sp³-hybridized carbons (Fsp3) is 0.0145. The van der Waals surface area contributed by atoms with E-state index < -0.39 is 5.41 Å². The molecule has 0 unspecified atom stereocenters. The standard InChI is InChI=1S/C69H45NO/c1-4-15-48(16-5-1)59-24-14-25-62-64-44-52(35-42-67(64)71-68(59)62)47-33-38-56(39-34-47)70(55-36-31-46(32-37-55)51-30-29-50-28-27-49-17-10-11-22-58(49)63(50)43-51)57-40-41-61-60-23-12-13-26-65(60)69(66(61)45-57,53-18-6-2-7-19-53)54-20-8-3-9-21-54/h1-45H. The first-order valence-electron chi connectivity index (χ1n) is 24.5. The molecule has 332 valence electrons. The highest BCUT2D eigenvalue weighted by Crippen LogP contribution is 2.57. The van der Waals surface area contributed by atoms with Crippen LogP contribution < -0.4 is 4.90 Å². The summed E-state index contributed by atoms with van der Waals surface area (Å²) >= 11 is 0. The highest BCUT2D eigenvalue weighted by Gasteiger charge is 2.46. The van der Waals surface area contributed by atoms with Crippen molar-refractivity contribution in [2.24, 2.45) is 0 Å². The Hall–Kier alpha value is -9.24. The summed E-state index contributed by atoms with van der Waals surface area (Å²) in [6.45, 7) is 0. The van der Waals surface area contributed by atoms with E-state index in [9.17, 15) is 0 Å². The Labute approximate surface area is 413 Å². The third-order valence-corrected chi connectivity index (χ3v) is 14.9. The summed E-state index contributed by atoms with van der Waals surface area (Å²) in [6, 6.07) is 99.8. The largest absolute Gasteiger partial charge is 0.455 e. The third-order valence-electron chi connectivity index (χ3n) is 14.9. The number of para-hydroxylation sites is 1. The molecule has 0 N–H and O–H groups in total. The fourth-order valence-electron chi connectivity index (χ4n) is 11.6. The summed E-state index contributed by atoms with van der Waals surface area (Å²) in [5, 5.41) is 7.27. The molecule has 0 amide bonds. The Balaban J connectivity index is 0.912. The van der Waals surface area contributed by atoms with Crippen molar-refractivity contribution >= 4 is 60.5 Å². The highest BCUT2D eigenvalue weighted by atomic mass is 16.3. The Morgan fingerprint density at radius 1 is 0.282 bits per heavy atom. The van der Waals surface area contributed by atoms with Crippen molar-refractivity contribution < 1.29 is 4.42 Å². The molecule has 13 aromatic rings. The molecule has 0 bridgehead atoms. The number of hydrogen-bond acceptors (Lipinski definition) is 2. The monoisotopic (exact) mass is 903 g/mol. The molecule has 1 heterocycles. The van der Waals surface area contributed by atoms with Crippen LogP contribution in [0.2, 0.25) is 0 Å². The minimum absolute atomic E-state index is 0.526. The molecule has 0 radical (unpaired) electrons. The lowest BCUT2D eigenvalue weighted by molar-refractivity contribution is 0.670. The van der Waals surface area contributed by atoms with Gasteiger partial charge in [-0.25, -0.2) is 0 Å². The second-order valence-corrected chi connectivity index (χ2v) is 18.8. The number of nitrogens with zero attached hydrogens (tertiary/aromatic N) is 1. The zero-order valence-corrected chi connectivity index (χ0v) is 38.8. The molecule has 12 aromatic carbocycles. The van der Waals surface area contributed by atoms with Crippen LogP contribution in [0.4, 0.5) is 17.1 Å². The van der Waals surface area contributed by atoms with Crippen LogP contribution in [-0.4, -0.2) is 0 Å². The average molecular weight is 904 g/mol. The molecule has 0 saturated carbocycles. The van der Waals surface area contributed by atoms with E-state index in [1.54, 1.807) is 0 Å². The van der Waals surface area contributed by atoms with Crippen molar-refractivity contribution in [3.8, 4) is 44.5 Å². The van der Waals surface area contributed by atoms with Crippen LogP contribution in [0.3, 0.4) is 0 Å². The van der Waals surface area contributed by atoms with Crippen LogP contribution in [0.15, 0.2) is 277 Å². The van der Waals surface area contributed by atoms with E-state index in [0.29, 0.717) is 0 Å². The Bertz CT molecular complexity index is 4100. The van der Waals surface area contributed by atoms with Gasteiger partial charge in [-0.15, -0.1) is 0 Å². The minimum Gasteiger partial charge on any atom is -0.455 e. The maximum Gasteiger partial charge on any atom is 0.143 e. The van der Waals surface area contributed by atoms with Crippen LogP contribution in [-0.2, 0) is 5.41 Å². The molecule has 0 atom stereocenters. The third kappa shape index (κ3) is 6.57. The topological polar surface area (TPSA) is 16.4 Å². The molecule has 0 aliphatic heterocycles. The average Bonchev–Trinajstić information content (AvgIpc) is 3.97. The molecule has 2 heteroatoms.